The predicted octanol–water partition coefficient (Wildman–Crippen LogP) is 0.964. The van der Waals surface area contributed by atoms with Crippen LogP contribution in [0.5, 0.6) is 0 Å². The van der Waals surface area contributed by atoms with Gasteiger partial charge in [-0.15, -0.1) is 10.2 Å². The second-order valence-electron chi connectivity index (χ2n) is 5.42. The molecule has 128 valence electrons. The van der Waals surface area contributed by atoms with Gasteiger partial charge in [-0.1, -0.05) is 31.0 Å². The minimum Gasteiger partial charge on any atom is -0.465 e. The molecule has 1 aromatic rings. The summed E-state index contributed by atoms with van der Waals surface area (Å²) in [6.45, 7) is 2.14. The van der Waals surface area contributed by atoms with E-state index in [1.54, 1.807) is 6.92 Å². The van der Waals surface area contributed by atoms with Gasteiger partial charge in [0.1, 0.15) is 6.54 Å². The average Bonchev–Trinajstić information content (AvgIpc) is 2.87. The Bertz CT molecular complexity index is 543. The zero-order valence-corrected chi connectivity index (χ0v) is 14.1. The Hall–Kier alpha value is -1.77. The minimum atomic E-state index is -0.336. The second-order valence-corrected chi connectivity index (χ2v) is 6.37. The largest absolute Gasteiger partial charge is 0.465 e. The van der Waals surface area contributed by atoms with Crippen LogP contribution >= 0.6 is 11.8 Å². The van der Waals surface area contributed by atoms with Gasteiger partial charge in [0, 0.05) is 6.04 Å². The van der Waals surface area contributed by atoms with Gasteiger partial charge in [-0.2, -0.15) is 0 Å². The number of amides is 1. The van der Waals surface area contributed by atoms with Crippen molar-refractivity contribution in [3.05, 3.63) is 0 Å². The summed E-state index contributed by atoms with van der Waals surface area (Å²) in [7, 11) is 0. The van der Waals surface area contributed by atoms with Gasteiger partial charge in [0.05, 0.1) is 12.4 Å². The van der Waals surface area contributed by atoms with Crippen molar-refractivity contribution in [1.82, 2.24) is 20.1 Å². The van der Waals surface area contributed by atoms with E-state index in [1.165, 1.54) is 11.0 Å². The molecular formula is C14H23N5O3S. The van der Waals surface area contributed by atoms with Crippen molar-refractivity contribution in [3.63, 3.8) is 0 Å². The number of esters is 1. The summed E-state index contributed by atoms with van der Waals surface area (Å²) in [5.74, 6) is -0.176. The van der Waals surface area contributed by atoms with E-state index in [9.17, 15) is 9.59 Å². The maximum Gasteiger partial charge on any atom is 0.316 e. The number of nitrogens with zero attached hydrogens (tertiary/aromatic N) is 3. The van der Waals surface area contributed by atoms with Crippen LogP contribution in [0.25, 0.3) is 0 Å². The van der Waals surface area contributed by atoms with Crippen LogP contribution in [0.1, 0.15) is 39.0 Å². The third-order valence-electron chi connectivity index (χ3n) is 3.64. The fraction of sp³-hybridized carbons (Fsp3) is 0.714. The molecule has 0 spiro atoms. The van der Waals surface area contributed by atoms with Gasteiger partial charge >= 0.3 is 5.97 Å². The molecule has 0 unspecified atom stereocenters. The van der Waals surface area contributed by atoms with Gasteiger partial charge in [0.2, 0.25) is 11.9 Å². The Balaban J connectivity index is 1.89. The number of carbonyl (C=O) groups is 2. The average molecular weight is 341 g/mol. The standard InChI is InChI=1S/C14H23N5O3S/c1-2-22-12(21)9-23-14-18-17-13(15)19(14)8-11(20)16-10-6-4-3-5-7-10/h10H,2-9H2,1H3,(H2,15,17)(H,16,20). The molecule has 1 fully saturated rings. The van der Waals surface area contributed by atoms with Crippen molar-refractivity contribution < 1.29 is 14.3 Å². The van der Waals surface area contributed by atoms with Crippen molar-refractivity contribution >= 4 is 29.6 Å². The fourth-order valence-electron chi connectivity index (χ4n) is 2.55. The van der Waals surface area contributed by atoms with E-state index in [-0.39, 0.29) is 36.2 Å². The highest BCUT2D eigenvalue weighted by Crippen LogP contribution is 2.19. The number of thioether (sulfide) groups is 1. The second kappa shape index (κ2) is 8.76. The van der Waals surface area contributed by atoms with Crippen LogP contribution in [0.3, 0.4) is 0 Å². The summed E-state index contributed by atoms with van der Waals surface area (Å²) < 4.78 is 6.38. The molecule has 8 nitrogen and oxygen atoms in total. The number of rotatable bonds is 7. The van der Waals surface area contributed by atoms with Crippen molar-refractivity contribution in [2.24, 2.45) is 0 Å². The summed E-state index contributed by atoms with van der Waals surface area (Å²) in [5.41, 5.74) is 5.77. The van der Waals surface area contributed by atoms with E-state index in [4.69, 9.17) is 10.5 Å². The van der Waals surface area contributed by atoms with Crippen LogP contribution in [0.4, 0.5) is 5.95 Å². The molecule has 1 amide bonds. The fourth-order valence-corrected chi connectivity index (χ4v) is 3.29. The lowest BCUT2D eigenvalue weighted by Gasteiger charge is -2.23. The minimum absolute atomic E-state index is 0.0560. The van der Waals surface area contributed by atoms with Crippen LogP contribution in [0.15, 0.2) is 5.16 Å². The molecule has 1 saturated carbocycles. The van der Waals surface area contributed by atoms with Crippen molar-refractivity contribution in [3.8, 4) is 0 Å². The van der Waals surface area contributed by atoms with Crippen molar-refractivity contribution in [1.29, 1.82) is 0 Å². The highest BCUT2D eigenvalue weighted by atomic mass is 32.2. The lowest BCUT2D eigenvalue weighted by Crippen LogP contribution is -2.38. The highest BCUT2D eigenvalue weighted by molar-refractivity contribution is 7.99. The number of ether oxygens (including phenoxy) is 1. The third-order valence-corrected chi connectivity index (χ3v) is 4.58. The molecular weight excluding hydrogens is 318 g/mol. The smallest absolute Gasteiger partial charge is 0.316 e. The van der Waals surface area contributed by atoms with Crippen molar-refractivity contribution in [2.45, 2.75) is 56.8 Å². The third kappa shape index (κ3) is 5.42. The van der Waals surface area contributed by atoms with E-state index < -0.39 is 0 Å². The molecule has 3 N–H and O–H groups in total. The Morgan fingerprint density at radius 3 is 2.78 bits per heavy atom. The van der Waals surface area contributed by atoms with E-state index >= 15 is 0 Å². The molecule has 1 aliphatic carbocycles. The number of nitrogen functional groups attached to an aromatic ring is 1. The van der Waals surface area contributed by atoms with Gasteiger partial charge in [0.15, 0.2) is 5.16 Å². The Morgan fingerprint density at radius 1 is 1.35 bits per heavy atom. The Morgan fingerprint density at radius 2 is 2.09 bits per heavy atom. The van der Waals surface area contributed by atoms with Crippen LogP contribution in [-0.2, 0) is 20.9 Å². The monoisotopic (exact) mass is 341 g/mol. The van der Waals surface area contributed by atoms with Crippen LogP contribution in [0, 0.1) is 0 Å². The van der Waals surface area contributed by atoms with Gasteiger partial charge in [-0.25, -0.2) is 0 Å². The first-order valence-corrected chi connectivity index (χ1v) is 8.85. The lowest BCUT2D eigenvalue weighted by molar-refractivity contribution is -0.139. The first-order valence-electron chi connectivity index (χ1n) is 7.86. The first-order chi connectivity index (χ1) is 11.1. The van der Waals surface area contributed by atoms with Gasteiger partial charge < -0.3 is 15.8 Å². The normalized spacial score (nSPS) is 15.3. The predicted molar refractivity (Wildman–Crippen MR) is 86.8 cm³/mol. The molecule has 0 atom stereocenters. The van der Waals surface area contributed by atoms with Crippen molar-refractivity contribution in [2.75, 3.05) is 18.1 Å². The number of carbonyl (C=O) groups excluding carboxylic acids is 2. The van der Waals surface area contributed by atoms with Gasteiger partial charge in [-0.05, 0) is 19.8 Å². The number of hydrogen-bond donors (Lipinski definition) is 2. The molecule has 1 aliphatic rings. The summed E-state index contributed by atoms with van der Waals surface area (Å²) in [4.78, 5) is 23.6. The molecule has 23 heavy (non-hydrogen) atoms. The quantitative estimate of drug-likeness (QED) is 0.561. The Kier molecular flexibility index (Phi) is 6.69. The lowest BCUT2D eigenvalue weighted by atomic mass is 9.95. The summed E-state index contributed by atoms with van der Waals surface area (Å²) >= 11 is 1.16. The maximum absolute atomic E-state index is 12.2. The molecule has 0 aromatic carbocycles. The van der Waals surface area contributed by atoms with Crippen LogP contribution in [-0.4, -0.2) is 45.0 Å². The van der Waals surface area contributed by atoms with E-state index in [0.29, 0.717) is 11.8 Å². The number of hydrogen-bond acceptors (Lipinski definition) is 7. The number of nitrogens with one attached hydrogen (secondary N) is 1. The Labute approximate surface area is 139 Å². The molecule has 0 saturated heterocycles. The van der Waals surface area contributed by atoms with Gasteiger partial charge in [-0.3, -0.25) is 14.2 Å². The summed E-state index contributed by atoms with van der Waals surface area (Å²) in [6, 6.07) is 0.240. The number of aromatic nitrogens is 3. The molecule has 9 heteroatoms. The highest BCUT2D eigenvalue weighted by Gasteiger charge is 2.19. The number of anilines is 1. The zero-order valence-electron chi connectivity index (χ0n) is 13.3. The SMILES string of the molecule is CCOC(=O)CSc1nnc(N)n1CC(=O)NC1CCCCC1. The number of nitrogens with two attached hydrogens (primary N) is 1. The molecule has 0 bridgehead atoms. The molecule has 2 rings (SSSR count). The van der Waals surface area contributed by atoms with Crippen LogP contribution < -0.4 is 11.1 Å². The van der Waals surface area contributed by atoms with Crippen LogP contribution in [0.2, 0.25) is 0 Å². The molecule has 1 heterocycles. The van der Waals surface area contributed by atoms with E-state index in [1.807, 2.05) is 0 Å². The first kappa shape index (κ1) is 17.6. The summed E-state index contributed by atoms with van der Waals surface area (Å²) in [5, 5.41) is 11.2. The van der Waals surface area contributed by atoms with Gasteiger partial charge in [0.25, 0.3) is 0 Å². The summed E-state index contributed by atoms with van der Waals surface area (Å²) in [6.07, 6.45) is 5.59. The zero-order chi connectivity index (χ0) is 16.7. The topological polar surface area (TPSA) is 112 Å². The van der Waals surface area contributed by atoms with E-state index in [0.717, 1.165) is 37.4 Å². The van der Waals surface area contributed by atoms with E-state index in [2.05, 4.69) is 15.5 Å². The molecule has 0 aliphatic heterocycles. The molecule has 1 aromatic heterocycles. The molecule has 0 radical (unpaired) electrons. The maximum atomic E-state index is 12.2.